The van der Waals surface area contributed by atoms with E-state index in [1.165, 1.54) is 0 Å². The van der Waals surface area contributed by atoms with E-state index in [9.17, 15) is 9.59 Å². The Kier molecular flexibility index (Phi) is 8.72. The minimum atomic E-state index is -0.0902. The number of halogens is 1. The molecule has 0 aliphatic carbocycles. The third-order valence-corrected chi connectivity index (χ3v) is 7.12. The van der Waals surface area contributed by atoms with Crippen LogP contribution in [0.2, 0.25) is 5.02 Å². The van der Waals surface area contributed by atoms with E-state index in [2.05, 4.69) is 18.3 Å². The number of carbonyl (C=O) groups is 2. The quantitative estimate of drug-likeness (QED) is 0.351. The Morgan fingerprint density at radius 3 is 2.35 bits per heavy atom. The largest absolute Gasteiger partial charge is 0.455 e. The van der Waals surface area contributed by atoms with Crippen molar-refractivity contribution in [3.63, 3.8) is 0 Å². The van der Waals surface area contributed by atoms with Gasteiger partial charge in [-0.25, -0.2) is 0 Å². The van der Waals surface area contributed by atoms with Gasteiger partial charge in [-0.15, -0.1) is 0 Å². The Balaban J connectivity index is 1.52. The van der Waals surface area contributed by atoms with E-state index >= 15 is 0 Å². The molecule has 1 atom stereocenters. The van der Waals surface area contributed by atoms with Crippen molar-refractivity contribution < 1.29 is 14.3 Å². The Morgan fingerprint density at radius 1 is 1.03 bits per heavy atom. The van der Waals surface area contributed by atoms with Crippen LogP contribution in [-0.4, -0.2) is 36.3 Å². The minimum Gasteiger partial charge on any atom is -0.455 e. The number of amides is 2. The molecule has 37 heavy (non-hydrogen) atoms. The second-order valence-electron chi connectivity index (χ2n) is 9.34. The molecule has 1 aliphatic heterocycles. The van der Waals surface area contributed by atoms with Crippen LogP contribution in [0.4, 0.5) is 11.4 Å². The van der Waals surface area contributed by atoms with Crippen molar-refractivity contribution >= 4 is 34.8 Å². The molecule has 1 saturated heterocycles. The number of para-hydroxylation sites is 3. The lowest BCUT2D eigenvalue weighted by Gasteiger charge is -2.34. The number of ether oxygens (including phenoxy) is 1. The first-order valence-electron chi connectivity index (χ1n) is 12.8. The number of hydrogen-bond acceptors (Lipinski definition) is 4. The molecule has 0 spiro atoms. The molecule has 6 nitrogen and oxygen atoms in total. The van der Waals surface area contributed by atoms with Crippen LogP contribution in [0, 0.1) is 5.92 Å². The van der Waals surface area contributed by atoms with Crippen LogP contribution >= 0.6 is 11.6 Å². The Morgan fingerprint density at radius 2 is 1.68 bits per heavy atom. The van der Waals surface area contributed by atoms with Gasteiger partial charge in [0.25, 0.3) is 0 Å². The molecular weight excluding hydrogens is 486 g/mol. The van der Waals surface area contributed by atoms with Crippen LogP contribution in [0.5, 0.6) is 11.5 Å². The first kappa shape index (κ1) is 26.6. The van der Waals surface area contributed by atoms with E-state index in [1.807, 2.05) is 71.3 Å². The van der Waals surface area contributed by atoms with Crippen molar-refractivity contribution in [1.29, 1.82) is 0 Å². The van der Waals surface area contributed by atoms with Gasteiger partial charge in [0.15, 0.2) is 5.75 Å². The summed E-state index contributed by atoms with van der Waals surface area (Å²) in [5.74, 6) is 1.51. The van der Waals surface area contributed by atoms with Crippen LogP contribution < -0.4 is 15.0 Å². The van der Waals surface area contributed by atoms with E-state index in [0.29, 0.717) is 49.0 Å². The fourth-order valence-corrected chi connectivity index (χ4v) is 4.95. The van der Waals surface area contributed by atoms with Gasteiger partial charge in [-0.1, -0.05) is 41.9 Å². The minimum absolute atomic E-state index is 0.0730. The van der Waals surface area contributed by atoms with Crippen molar-refractivity contribution in [2.24, 2.45) is 5.92 Å². The molecule has 1 N–H and O–H groups in total. The van der Waals surface area contributed by atoms with Gasteiger partial charge >= 0.3 is 0 Å². The number of hydrogen-bond donors (Lipinski definition) is 1. The summed E-state index contributed by atoms with van der Waals surface area (Å²) in [7, 11) is 0. The van der Waals surface area contributed by atoms with Gasteiger partial charge in [0, 0.05) is 43.2 Å². The number of likely N-dealkylation sites (tertiary alicyclic amines) is 1. The molecule has 2 amide bonds. The molecular formula is C30H34ClN3O3. The predicted molar refractivity (Wildman–Crippen MR) is 149 cm³/mol. The summed E-state index contributed by atoms with van der Waals surface area (Å²) < 4.78 is 6.13. The summed E-state index contributed by atoms with van der Waals surface area (Å²) in [6.07, 6.45) is 1.39. The highest BCUT2D eigenvalue weighted by Gasteiger charge is 2.30. The lowest BCUT2D eigenvalue weighted by Crippen LogP contribution is -2.44. The summed E-state index contributed by atoms with van der Waals surface area (Å²) in [5, 5.41) is 4.24. The number of piperidine rings is 1. The highest BCUT2D eigenvalue weighted by Crippen LogP contribution is 2.35. The molecule has 0 saturated carbocycles. The standard InChI is InChI=1S/C30H34ClN3O3/c1-4-34(30(36)23-17-19-33(20-18-23)22(3)35)28-11-7-5-9-26(28)21(2)32-27-10-6-8-12-29(27)37-25-15-13-24(31)14-16-25/h5-16,21,23,32H,4,17-20H2,1-3H3. The lowest BCUT2D eigenvalue weighted by atomic mass is 9.94. The van der Waals surface area contributed by atoms with Crippen molar-refractivity contribution in [3.8, 4) is 11.5 Å². The molecule has 7 heteroatoms. The highest BCUT2D eigenvalue weighted by atomic mass is 35.5. The maximum atomic E-state index is 13.6. The molecule has 1 heterocycles. The molecule has 1 unspecified atom stereocenters. The monoisotopic (exact) mass is 519 g/mol. The molecule has 3 aromatic carbocycles. The van der Waals surface area contributed by atoms with Gasteiger partial charge in [0.2, 0.25) is 11.8 Å². The average molecular weight is 520 g/mol. The number of nitrogens with one attached hydrogen (secondary N) is 1. The number of benzene rings is 3. The first-order chi connectivity index (χ1) is 17.9. The number of rotatable bonds is 8. The number of nitrogens with zero attached hydrogens (tertiary/aromatic N) is 2. The number of anilines is 2. The van der Waals surface area contributed by atoms with Gasteiger partial charge in [-0.3, -0.25) is 9.59 Å². The Hall–Kier alpha value is -3.51. The smallest absolute Gasteiger partial charge is 0.230 e. The zero-order valence-electron chi connectivity index (χ0n) is 21.6. The molecule has 0 bridgehead atoms. The summed E-state index contributed by atoms with van der Waals surface area (Å²) in [6.45, 7) is 7.52. The second kappa shape index (κ2) is 12.2. The molecule has 0 radical (unpaired) electrons. The maximum absolute atomic E-state index is 13.6. The SMILES string of the molecule is CCN(C(=O)C1CCN(C(C)=O)CC1)c1ccccc1C(C)Nc1ccccc1Oc1ccc(Cl)cc1. The molecule has 194 valence electrons. The summed E-state index contributed by atoms with van der Waals surface area (Å²) in [6, 6.07) is 23.0. The lowest BCUT2D eigenvalue weighted by molar-refractivity contribution is -0.133. The molecule has 0 aromatic heterocycles. The van der Waals surface area contributed by atoms with Crippen molar-refractivity contribution in [2.45, 2.75) is 39.7 Å². The Labute approximate surface area is 224 Å². The van der Waals surface area contributed by atoms with Crippen LogP contribution in [-0.2, 0) is 9.59 Å². The molecule has 1 fully saturated rings. The summed E-state index contributed by atoms with van der Waals surface area (Å²) in [5.41, 5.74) is 2.78. The third-order valence-electron chi connectivity index (χ3n) is 6.87. The van der Waals surface area contributed by atoms with Crippen molar-refractivity contribution in [1.82, 2.24) is 4.90 Å². The first-order valence-corrected chi connectivity index (χ1v) is 13.2. The topological polar surface area (TPSA) is 61.9 Å². The van der Waals surface area contributed by atoms with Gasteiger partial charge < -0.3 is 19.9 Å². The predicted octanol–water partition coefficient (Wildman–Crippen LogP) is 6.92. The number of carbonyl (C=O) groups excluding carboxylic acids is 2. The fourth-order valence-electron chi connectivity index (χ4n) is 4.82. The maximum Gasteiger partial charge on any atom is 0.230 e. The van der Waals surface area contributed by atoms with Crippen LogP contribution in [0.3, 0.4) is 0 Å². The van der Waals surface area contributed by atoms with Crippen LogP contribution in [0.15, 0.2) is 72.8 Å². The second-order valence-corrected chi connectivity index (χ2v) is 9.78. The molecule has 1 aliphatic rings. The zero-order valence-corrected chi connectivity index (χ0v) is 22.4. The van der Waals surface area contributed by atoms with Gasteiger partial charge in [-0.05, 0) is 74.7 Å². The summed E-state index contributed by atoms with van der Waals surface area (Å²) in [4.78, 5) is 29.0. The molecule has 4 rings (SSSR count). The van der Waals surface area contributed by atoms with E-state index < -0.39 is 0 Å². The van der Waals surface area contributed by atoms with Crippen molar-refractivity contribution in [3.05, 3.63) is 83.4 Å². The van der Waals surface area contributed by atoms with Crippen LogP contribution in [0.25, 0.3) is 0 Å². The summed E-state index contributed by atoms with van der Waals surface area (Å²) >= 11 is 6.01. The van der Waals surface area contributed by atoms with E-state index in [4.69, 9.17) is 16.3 Å². The molecule has 3 aromatic rings. The van der Waals surface area contributed by atoms with Crippen LogP contribution in [0.1, 0.15) is 45.2 Å². The van der Waals surface area contributed by atoms with Gasteiger partial charge in [-0.2, -0.15) is 0 Å². The fraction of sp³-hybridized carbons (Fsp3) is 0.333. The Bertz CT molecular complexity index is 1220. The van der Waals surface area contributed by atoms with Crippen molar-refractivity contribution in [2.75, 3.05) is 29.9 Å². The average Bonchev–Trinajstić information content (AvgIpc) is 2.91. The highest BCUT2D eigenvalue weighted by molar-refractivity contribution is 6.30. The van der Waals surface area contributed by atoms with Gasteiger partial charge in [0.1, 0.15) is 5.75 Å². The van der Waals surface area contributed by atoms with E-state index in [0.717, 1.165) is 16.9 Å². The van der Waals surface area contributed by atoms with E-state index in [-0.39, 0.29) is 23.8 Å². The van der Waals surface area contributed by atoms with E-state index in [1.54, 1.807) is 19.1 Å². The normalized spacial score (nSPS) is 14.6. The van der Waals surface area contributed by atoms with Gasteiger partial charge in [0.05, 0.1) is 11.7 Å². The zero-order chi connectivity index (χ0) is 26.4. The third kappa shape index (κ3) is 6.44.